The van der Waals surface area contributed by atoms with Gasteiger partial charge in [0.05, 0.1) is 11.4 Å². The van der Waals surface area contributed by atoms with Crippen molar-refractivity contribution in [2.45, 2.75) is 6.92 Å². The van der Waals surface area contributed by atoms with E-state index < -0.39 is 0 Å². The normalized spacial score (nSPS) is 15.2. The minimum Gasteiger partial charge on any atom is -0.506 e. The topological polar surface area (TPSA) is 68.9 Å². The number of allylic oxidation sites excluding steroid dienone is 2. The number of aliphatic imine (C=N–C) groups is 1. The van der Waals surface area contributed by atoms with Gasteiger partial charge in [0.1, 0.15) is 11.4 Å². The van der Waals surface area contributed by atoms with E-state index in [0.717, 1.165) is 11.4 Å². The monoisotopic (exact) mass is 271 g/mol. The molecule has 0 unspecified atom stereocenters. The Bertz CT molecular complexity index is 643. The summed E-state index contributed by atoms with van der Waals surface area (Å²) in [6.07, 6.45) is 1.41. The maximum absolute atomic E-state index is 9.18. The second-order valence-electron chi connectivity index (χ2n) is 4.71. The van der Waals surface area contributed by atoms with Crippen molar-refractivity contribution in [1.82, 2.24) is 0 Å². The SMILES string of the molecule is C=C(O)C(=N)/C=C1/Oc2cc(N(C)C)ccc2N=C1C. The van der Waals surface area contributed by atoms with Gasteiger partial charge in [-0.05, 0) is 19.1 Å². The standard InChI is InChI=1S/C15H17N3O2/c1-9-14(8-12(16)10(2)19)20-15-7-11(18(3)4)5-6-13(15)17-9/h5-8,16,19H,2H2,1,3-4H3/b14-8+,16-12?. The Morgan fingerprint density at radius 2 is 2.15 bits per heavy atom. The number of ether oxygens (including phenoxy) is 1. The van der Waals surface area contributed by atoms with Crippen molar-refractivity contribution >= 4 is 22.8 Å². The maximum atomic E-state index is 9.18. The number of aliphatic hydroxyl groups is 1. The molecule has 0 aromatic heterocycles. The molecular weight excluding hydrogens is 254 g/mol. The van der Waals surface area contributed by atoms with Crippen LogP contribution in [0.25, 0.3) is 0 Å². The summed E-state index contributed by atoms with van der Waals surface area (Å²) in [5.41, 5.74) is 2.31. The van der Waals surface area contributed by atoms with Crippen molar-refractivity contribution in [3.05, 3.63) is 42.4 Å². The van der Waals surface area contributed by atoms with E-state index in [1.54, 1.807) is 6.92 Å². The molecule has 5 nitrogen and oxygen atoms in total. The summed E-state index contributed by atoms with van der Waals surface area (Å²) in [5.74, 6) is 0.764. The van der Waals surface area contributed by atoms with Gasteiger partial charge in [-0.15, -0.1) is 0 Å². The predicted molar refractivity (Wildman–Crippen MR) is 81.7 cm³/mol. The average molecular weight is 271 g/mol. The summed E-state index contributed by atoms with van der Waals surface area (Å²) in [6, 6.07) is 5.74. The predicted octanol–water partition coefficient (Wildman–Crippen LogP) is 3.21. The number of rotatable bonds is 3. The Morgan fingerprint density at radius 1 is 1.45 bits per heavy atom. The molecule has 1 heterocycles. The van der Waals surface area contributed by atoms with Crippen LogP contribution >= 0.6 is 0 Å². The maximum Gasteiger partial charge on any atom is 0.155 e. The molecule has 0 saturated heterocycles. The lowest BCUT2D eigenvalue weighted by atomic mass is 10.2. The summed E-state index contributed by atoms with van der Waals surface area (Å²) < 4.78 is 5.77. The first-order valence-electron chi connectivity index (χ1n) is 6.12. The van der Waals surface area contributed by atoms with Crippen LogP contribution < -0.4 is 9.64 Å². The Morgan fingerprint density at radius 3 is 2.75 bits per heavy atom. The minimum absolute atomic E-state index is 0.0956. The van der Waals surface area contributed by atoms with E-state index in [4.69, 9.17) is 10.1 Å². The molecule has 0 amide bonds. The van der Waals surface area contributed by atoms with E-state index in [1.165, 1.54) is 6.08 Å². The van der Waals surface area contributed by atoms with Crippen molar-refractivity contribution in [2.75, 3.05) is 19.0 Å². The van der Waals surface area contributed by atoms with Crippen molar-refractivity contribution in [2.24, 2.45) is 4.99 Å². The second kappa shape index (κ2) is 5.21. The number of anilines is 1. The summed E-state index contributed by atoms with van der Waals surface area (Å²) in [7, 11) is 3.89. The van der Waals surface area contributed by atoms with Crippen molar-refractivity contribution < 1.29 is 9.84 Å². The van der Waals surface area contributed by atoms with Gasteiger partial charge in [-0.3, -0.25) is 5.41 Å². The van der Waals surface area contributed by atoms with Gasteiger partial charge < -0.3 is 14.7 Å². The second-order valence-corrected chi connectivity index (χ2v) is 4.71. The number of hydrogen-bond donors (Lipinski definition) is 2. The van der Waals surface area contributed by atoms with E-state index in [1.807, 2.05) is 37.2 Å². The van der Waals surface area contributed by atoms with Crippen LogP contribution in [0, 0.1) is 5.41 Å². The lowest BCUT2D eigenvalue weighted by Crippen LogP contribution is -2.13. The zero-order valence-electron chi connectivity index (χ0n) is 11.8. The molecule has 2 rings (SSSR count). The van der Waals surface area contributed by atoms with Crippen LogP contribution in [0.5, 0.6) is 5.75 Å². The molecule has 0 atom stereocenters. The molecule has 2 N–H and O–H groups in total. The number of nitrogens with one attached hydrogen (secondary N) is 1. The first-order valence-corrected chi connectivity index (χ1v) is 6.12. The van der Waals surface area contributed by atoms with Crippen LogP contribution in [-0.2, 0) is 0 Å². The highest BCUT2D eigenvalue weighted by Crippen LogP contribution is 2.36. The number of benzene rings is 1. The fraction of sp³-hybridized carbons (Fsp3) is 0.200. The van der Waals surface area contributed by atoms with Gasteiger partial charge in [0.15, 0.2) is 11.5 Å². The van der Waals surface area contributed by atoms with E-state index in [-0.39, 0.29) is 11.5 Å². The zero-order valence-corrected chi connectivity index (χ0v) is 11.8. The van der Waals surface area contributed by atoms with Gasteiger partial charge in [0.2, 0.25) is 0 Å². The van der Waals surface area contributed by atoms with Gasteiger partial charge in [0.25, 0.3) is 0 Å². The molecule has 104 valence electrons. The molecule has 1 aliphatic rings. The molecule has 0 fully saturated rings. The fourth-order valence-electron chi connectivity index (χ4n) is 1.73. The third kappa shape index (κ3) is 2.71. The smallest absolute Gasteiger partial charge is 0.155 e. The van der Waals surface area contributed by atoms with Crippen molar-refractivity contribution in [3.63, 3.8) is 0 Å². The van der Waals surface area contributed by atoms with Crippen molar-refractivity contribution in [1.29, 1.82) is 5.41 Å². The van der Waals surface area contributed by atoms with Gasteiger partial charge in [-0.1, -0.05) is 6.58 Å². The minimum atomic E-state index is -0.304. The molecule has 0 aliphatic carbocycles. The zero-order chi connectivity index (χ0) is 14.9. The van der Waals surface area contributed by atoms with E-state index >= 15 is 0 Å². The Balaban J connectivity index is 2.40. The number of hydrogen-bond acceptors (Lipinski definition) is 5. The molecule has 0 spiro atoms. The summed E-state index contributed by atoms with van der Waals surface area (Å²) in [6.45, 7) is 5.11. The Hall–Kier alpha value is -2.56. The van der Waals surface area contributed by atoms with Gasteiger partial charge in [-0.25, -0.2) is 4.99 Å². The van der Waals surface area contributed by atoms with E-state index in [9.17, 15) is 5.11 Å². The summed E-state index contributed by atoms with van der Waals surface area (Å²) >= 11 is 0. The largest absolute Gasteiger partial charge is 0.506 e. The van der Waals surface area contributed by atoms with Crippen LogP contribution in [-0.4, -0.2) is 30.6 Å². The number of aliphatic hydroxyl groups excluding tert-OH is 1. The third-order valence-electron chi connectivity index (χ3n) is 2.91. The van der Waals surface area contributed by atoms with Crippen LogP contribution in [0.2, 0.25) is 0 Å². The van der Waals surface area contributed by atoms with Crippen LogP contribution in [0.4, 0.5) is 11.4 Å². The first-order chi connectivity index (χ1) is 9.38. The van der Waals surface area contributed by atoms with E-state index in [2.05, 4.69) is 11.6 Å². The Labute approximate surface area is 118 Å². The van der Waals surface area contributed by atoms with Crippen LogP contribution in [0.1, 0.15) is 6.92 Å². The highest BCUT2D eigenvalue weighted by molar-refractivity contribution is 6.10. The van der Waals surface area contributed by atoms with Crippen LogP contribution in [0.15, 0.2) is 47.4 Å². The number of nitrogens with zero attached hydrogens (tertiary/aromatic N) is 2. The molecule has 20 heavy (non-hydrogen) atoms. The number of fused-ring (bicyclic) bond motifs is 1. The molecule has 5 heteroatoms. The molecular formula is C15H17N3O2. The van der Waals surface area contributed by atoms with E-state index in [0.29, 0.717) is 17.2 Å². The molecule has 1 aliphatic heterocycles. The molecule has 0 saturated carbocycles. The van der Waals surface area contributed by atoms with Crippen LogP contribution in [0.3, 0.4) is 0 Å². The molecule has 1 aromatic rings. The first kappa shape index (κ1) is 13.9. The molecule has 0 bridgehead atoms. The van der Waals surface area contributed by atoms with Gasteiger partial charge in [0, 0.05) is 31.9 Å². The molecule has 1 aromatic carbocycles. The lowest BCUT2D eigenvalue weighted by molar-refractivity contribution is 0.441. The summed E-state index contributed by atoms with van der Waals surface area (Å²) in [5, 5.41) is 16.8. The lowest BCUT2D eigenvalue weighted by Gasteiger charge is -2.20. The Kier molecular flexibility index (Phi) is 3.61. The highest BCUT2D eigenvalue weighted by Gasteiger charge is 2.17. The van der Waals surface area contributed by atoms with Crippen molar-refractivity contribution in [3.8, 4) is 5.75 Å². The third-order valence-corrected chi connectivity index (χ3v) is 2.91. The average Bonchev–Trinajstić information content (AvgIpc) is 2.38. The summed E-state index contributed by atoms with van der Waals surface area (Å²) in [4.78, 5) is 6.41. The fourth-order valence-corrected chi connectivity index (χ4v) is 1.73. The van der Waals surface area contributed by atoms with Gasteiger partial charge in [-0.2, -0.15) is 0 Å². The van der Waals surface area contributed by atoms with Gasteiger partial charge >= 0.3 is 0 Å². The molecule has 0 radical (unpaired) electrons. The quantitative estimate of drug-likeness (QED) is 0.655. The highest BCUT2D eigenvalue weighted by atomic mass is 16.5.